The first kappa shape index (κ1) is 42.6. The van der Waals surface area contributed by atoms with Crippen molar-refractivity contribution in [3.63, 3.8) is 0 Å². The molecule has 55 heavy (non-hydrogen) atoms. The van der Waals surface area contributed by atoms with Crippen molar-refractivity contribution in [1.29, 1.82) is 0 Å². The summed E-state index contributed by atoms with van der Waals surface area (Å²) in [4.78, 5) is 93.7. The van der Waals surface area contributed by atoms with Crippen molar-refractivity contribution in [3.05, 3.63) is 64.7 Å². The number of ketones is 2. The highest BCUT2D eigenvalue weighted by atomic mass is 16.2. The smallest absolute Gasteiger partial charge is 0.245 e. The van der Waals surface area contributed by atoms with E-state index in [1.54, 1.807) is 42.5 Å². The lowest BCUT2D eigenvalue weighted by molar-refractivity contribution is -0.141. The van der Waals surface area contributed by atoms with Crippen LogP contribution in [-0.2, 0) is 24.0 Å². The van der Waals surface area contributed by atoms with E-state index in [2.05, 4.69) is 26.6 Å². The number of carbonyl (C=O) groups is 7. The van der Waals surface area contributed by atoms with Gasteiger partial charge in [0, 0.05) is 42.0 Å². The zero-order valence-electron chi connectivity index (χ0n) is 32.7. The molecule has 4 atom stereocenters. The van der Waals surface area contributed by atoms with Crippen LogP contribution in [0.4, 0.5) is 5.69 Å². The zero-order chi connectivity index (χ0) is 40.2. The molecule has 0 bridgehead atoms. The Kier molecular flexibility index (Phi) is 15.5. The van der Waals surface area contributed by atoms with Crippen molar-refractivity contribution in [3.8, 4) is 0 Å². The highest BCUT2D eigenvalue weighted by molar-refractivity contribution is 6.30. The number of likely N-dealkylation sites (tertiary alicyclic amines) is 1. The number of benzene rings is 2. The summed E-state index contributed by atoms with van der Waals surface area (Å²) in [5.41, 5.74) is 7.95. The first-order valence-corrected chi connectivity index (χ1v) is 19.5. The SMILES string of the molecule is CCC[C@H](N)C(=O)N[C@@H](CC(C)C)C(=O)NCC(=O)N[C@@H](CC(C)C)C(=O)N1CCC[C@H]1C(=O)NCCCNc1cccc2c1C(=O)c1ccccc1C2=O. The minimum absolute atomic E-state index is 0.0440. The predicted octanol–water partition coefficient (Wildman–Crippen LogP) is 2.68. The highest BCUT2D eigenvalue weighted by Gasteiger charge is 2.38. The summed E-state index contributed by atoms with van der Waals surface area (Å²) in [6.45, 7) is 10.3. The molecule has 1 aliphatic carbocycles. The van der Waals surface area contributed by atoms with Crippen LogP contribution in [0.15, 0.2) is 42.5 Å². The molecular weight excluding hydrogens is 702 g/mol. The van der Waals surface area contributed by atoms with Crippen LogP contribution in [0, 0.1) is 11.8 Å². The predicted molar refractivity (Wildman–Crippen MR) is 209 cm³/mol. The van der Waals surface area contributed by atoms with Gasteiger partial charge in [-0.25, -0.2) is 0 Å². The van der Waals surface area contributed by atoms with Gasteiger partial charge in [-0.2, -0.15) is 0 Å². The maximum atomic E-state index is 13.8. The van der Waals surface area contributed by atoms with Crippen molar-refractivity contribution in [2.24, 2.45) is 17.6 Å². The number of carbonyl (C=O) groups excluding carboxylic acids is 7. The minimum Gasteiger partial charge on any atom is -0.384 e. The molecule has 14 nitrogen and oxygen atoms in total. The van der Waals surface area contributed by atoms with E-state index in [1.165, 1.54) is 4.90 Å². The average Bonchev–Trinajstić information content (AvgIpc) is 3.65. The molecule has 0 saturated carbocycles. The summed E-state index contributed by atoms with van der Waals surface area (Å²) < 4.78 is 0. The molecule has 0 spiro atoms. The van der Waals surface area contributed by atoms with Crippen LogP contribution in [0.5, 0.6) is 0 Å². The number of nitrogens with zero attached hydrogens (tertiary/aromatic N) is 1. The molecule has 1 fully saturated rings. The Bertz CT molecular complexity index is 1740. The van der Waals surface area contributed by atoms with E-state index in [0.717, 1.165) is 6.42 Å². The highest BCUT2D eigenvalue weighted by Crippen LogP contribution is 2.32. The van der Waals surface area contributed by atoms with Crippen LogP contribution < -0.4 is 32.3 Å². The van der Waals surface area contributed by atoms with Gasteiger partial charge in [-0.15, -0.1) is 0 Å². The van der Waals surface area contributed by atoms with E-state index >= 15 is 0 Å². The molecule has 1 heterocycles. The Labute approximate surface area is 323 Å². The summed E-state index contributed by atoms with van der Waals surface area (Å²) >= 11 is 0. The second-order valence-corrected chi connectivity index (χ2v) is 15.2. The molecule has 1 aliphatic heterocycles. The Morgan fingerprint density at radius 2 is 1.45 bits per heavy atom. The molecular formula is C41H57N7O7. The fourth-order valence-corrected chi connectivity index (χ4v) is 7.09. The van der Waals surface area contributed by atoms with Gasteiger partial charge in [0.1, 0.15) is 18.1 Å². The molecule has 0 radical (unpaired) electrons. The number of fused-ring (bicyclic) bond motifs is 2. The van der Waals surface area contributed by atoms with Crippen LogP contribution in [0.2, 0.25) is 0 Å². The van der Waals surface area contributed by atoms with Gasteiger partial charge in [-0.1, -0.05) is 77.4 Å². The molecule has 2 aromatic rings. The molecule has 5 amide bonds. The van der Waals surface area contributed by atoms with E-state index in [4.69, 9.17) is 5.73 Å². The number of amides is 5. The summed E-state index contributed by atoms with van der Waals surface area (Å²) in [7, 11) is 0. The van der Waals surface area contributed by atoms with E-state index in [1.807, 2.05) is 34.6 Å². The maximum Gasteiger partial charge on any atom is 0.245 e. The molecule has 0 unspecified atom stereocenters. The first-order valence-electron chi connectivity index (χ1n) is 19.5. The van der Waals surface area contributed by atoms with E-state index < -0.39 is 48.4 Å². The molecule has 2 aliphatic rings. The van der Waals surface area contributed by atoms with Gasteiger partial charge in [-0.05, 0) is 56.4 Å². The van der Waals surface area contributed by atoms with Crippen molar-refractivity contribution >= 4 is 46.8 Å². The van der Waals surface area contributed by atoms with Gasteiger partial charge in [0.05, 0.1) is 18.2 Å². The second kappa shape index (κ2) is 20.0. The normalized spacial score (nSPS) is 16.5. The molecule has 14 heteroatoms. The van der Waals surface area contributed by atoms with E-state index in [-0.39, 0.29) is 35.2 Å². The van der Waals surface area contributed by atoms with Gasteiger partial charge in [-0.3, -0.25) is 33.6 Å². The summed E-state index contributed by atoms with van der Waals surface area (Å²) in [5, 5.41) is 14.2. The number of rotatable bonds is 19. The van der Waals surface area contributed by atoms with Gasteiger partial charge in [0.25, 0.3) is 0 Å². The standard InChI is InChI=1S/C41H57N7O7/c1-6-12-29(42)38(52)47-31(21-24(2)3)39(53)45-23-34(49)46-32(22-25(4)5)41(55)48-20-10-17-33(48)40(54)44-19-11-18-43-30-16-9-15-28-35(30)37(51)27-14-8-7-13-26(27)36(28)50/h7-9,13-16,24-25,29,31-33,43H,6,10-12,17-23,42H2,1-5H3,(H,44,54)(H,45,53)(H,46,49)(H,47,52)/t29-,31-,32-,33-/m0/s1. The van der Waals surface area contributed by atoms with Crippen molar-refractivity contribution in [1.82, 2.24) is 26.2 Å². The number of anilines is 1. The number of nitrogens with one attached hydrogen (secondary N) is 5. The molecule has 298 valence electrons. The largest absolute Gasteiger partial charge is 0.384 e. The minimum atomic E-state index is -0.904. The van der Waals surface area contributed by atoms with Crippen molar-refractivity contribution in [2.75, 3.05) is 31.5 Å². The number of nitrogens with two attached hydrogens (primary N) is 1. The van der Waals surface area contributed by atoms with Crippen LogP contribution >= 0.6 is 0 Å². The van der Waals surface area contributed by atoms with Gasteiger partial charge in [0.15, 0.2) is 11.6 Å². The van der Waals surface area contributed by atoms with Crippen LogP contribution in [0.3, 0.4) is 0 Å². The quantitative estimate of drug-likeness (QED) is 0.0992. The Balaban J connectivity index is 1.28. The van der Waals surface area contributed by atoms with Gasteiger partial charge >= 0.3 is 0 Å². The fraction of sp³-hybridized carbons (Fsp3) is 0.537. The average molecular weight is 760 g/mol. The van der Waals surface area contributed by atoms with Gasteiger partial charge in [0.2, 0.25) is 29.5 Å². The van der Waals surface area contributed by atoms with Crippen LogP contribution in [-0.4, -0.2) is 96.3 Å². The van der Waals surface area contributed by atoms with Crippen molar-refractivity contribution in [2.45, 2.75) is 104 Å². The molecule has 4 rings (SSSR count). The van der Waals surface area contributed by atoms with Crippen molar-refractivity contribution < 1.29 is 33.6 Å². The lowest BCUT2D eigenvalue weighted by atomic mass is 9.83. The second-order valence-electron chi connectivity index (χ2n) is 15.2. The summed E-state index contributed by atoms with van der Waals surface area (Å²) in [6, 6.07) is 8.71. The van der Waals surface area contributed by atoms with E-state index in [0.29, 0.717) is 86.1 Å². The van der Waals surface area contributed by atoms with E-state index in [9.17, 15) is 33.6 Å². The number of hydrogen-bond acceptors (Lipinski definition) is 9. The van der Waals surface area contributed by atoms with Crippen LogP contribution in [0.1, 0.15) is 111 Å². The Morgan fingerprint density at radius 3 is 2.13 bits per heavy atom. The summed E-state index contributed by atoms with van der Waals surface area (Å²) in [6.07, 6.45) is 3.51. The van der Waals surface area contributed by atoms with Gasteiger partial charge < -0.3 is 37.2 Å². The third kappa shape index (κ3) is 11.2. The lowest BCUT2D eigenvalue weighted by Gasteiger charge is -2.29. The van der Waals surface area contributed by atoms with Crippen LogP contribution in [0.25, 0.3) is 0 Å². The first-order chi connectivity index (χ1) is 26.2. The number of hydrogen-bond donors (Lipinski definition) is 6. The fourth-order valence-electron chi connectivity index (χ4n) is 7.09. The summed E-state index contributed by atoms with van der Waals surface area (Å²) in [5.74, 6) is -2.44. The maximum absolute atomic E-state index is 13.8. The molecule has 0 aromatic heterocycles. The lowest BCUT2D eigenvalue weighted by Crippen LogP contribution is -2.56. The Morgan fingerprint density at radius 1 is 0.800 bits per heavy atom. The molecule has 7 N–H and O–H groups in total. The molecule has 2 aromatic carbocycles. The molecule has 1 saturated heterocycles. The third-order valence-electron chi connectivity index (χ3n) is 9.80. The monoisotopic (exact) mass is 759 g/mol. The topological polar surface area (TPSA) is 209 Å². The third-order valence-corrected chi connectivity index (χ3v) is 9.80. The zero-order valence-corrected chi connectivity index (χ0v) is 32.7. The Hall–Kier alpha value is -5.11.